The van der Waals surface area contributed by atoms with Gasteiger partial charge in [-0.2, -0.15) is 10.4 Å². The largest absolute Gasteiger partial charge is 0.254 e. The van der Waals surface area contributed by atoms with Crippen LogP contribution in [0, 0.1) is 11.3 Å². The van der Waals surface area contributed by atoms with E-state index in [0.717, 1.165) is 0 Å². The Morgan fingerprint density at radius 2 is 2.24 bits per heavy atom. The Labute approximate surface area is 112 Å². The van der Waals surface area contributed by atoms with Crippen molar-refractivity contribution >= 4 is 35.0 Å². The van der Waals surface area contributed by atoms with Crippen molar-refractivity contribution in [2.45, 2.75) is 10.4 Å². The van der Waals surface area contributed by atoms with Gasteiger partial charge in [-0.25, -0.2) is 4.98 Å². The number of hydrogen-bond donors (Lipinski definition) is 1. The molecule has 1 heterocycles. The minimum atomic E-state index is -0.451. The van der Waals surface area contributed by atoms with E-state index in [1.54, 1.807) is 18.2 Å². The summed E-state index contributed by atoms with van der Waals surface area (Å²) in [5.41, 5.74) is 0.708. The summed E-state index contributed by atoms with van der Waals surface area (Å²) in [6, 6.07) is 7.22. The molecule has 0 unspecified atom stereocenters. The summed E-state index contributed by atoms with van der Waals surface area (Å²) in [6.45, 7) is 0. The molecule has 86 valence electrons. The maximum atomic E-state index is 9.15. The summed E-state index contributed by atoms with van der Waals surface area (Å²) in [7, 11) is 0. The van der Waals surface area contributed by atoms with Gasteiger partial charge in [0.15, 0.2) is 5.16 Å². The third-order valence-electron chi connectivity index (χ3n) is 1.98. The van der Waals surface area contributed by atoms with Crippen LogP contribution in [0.25, 0.3) is 0 Å². The Bertz CT molecular complexity index is 550. The van der Waals surface area contributed by atoms with E-state index in [0.29, 0.717) is 20.8 Å². The van der Waals surface area contributed by atoms with E-state index in [4.69, 9.17) is 28.5 Å². The number of hydrogen-bond acceptors (Lipinski definition) is 4. The monoisotopic (exact) mass is 284 g/mol. The standard InChI is InChI=1S/C10H6Cl2N4S/c11-6-1-2-7(8(12)3-6)9(4-13)17-10-14-5-15-16-10/h1-3,5,9H,(H,14,15,16)/t9-/m1/s1. The Kier molecular flexibility index (Phi) is 3.89. The van der Waals surface area contributed by atoms with Crippen molar-refractivity contribution in [1.29, 1.82) is 5.26 Å². The molecule has 1 N–H and O–H groups in total. The molecule has 0 fully saturated rings. The summed E-state index contributed by atoms with van der Waals surface area (Å²) < 4.78 is 0. The van der Waals surface area contributed by atoms with Gasteiger partial charge < -0.3 is 0 Å². The molecule has 0 spiro atoms. The van der Waals surface area contributed by atoms with Crippen LogP contribution in [0.1, 0.15) is 10.8 Å². The van der Waals surface area contributed by atoms with Crippen LogP contribution < -0.4 is 0 Å². The number of H-pyrrole nitrogens is 1. The number of nitriles is 1. The number of nitrogens with zero attached hydrogens (tertiary/aromatic N) is 3. The van der Waals surface area contributed by atoms with Crippen LogP contribution in [0.5, 0.6) is 0 Å². The van der Waals surface area contributed by atoms with Crippen LogP contribution in [-0.2, 0) is 0 Å². The van der Waals surface area contributed by atoms with Crippen LogP contribution >= 0.6 is 35.0 Å². The van der Waals surface area contributed by atoms with Gasteiger partial charge in [0.05, 0.1) is 6.07 Å². The maximum absolute atomic E-state index is 9.15. The summed E-state index contributed by atoms with van der Waals surface area (Å²) in [6.07, 6.45) is 1.39. The molecule has 1 atom stereocenters. The molecule has 0 aliphatic carbocycles. The van der Waals surface area contributed by atoms with Gasteiger partial charge >= 0.3 is 0 Å². The van der Waals surface area contributed by atoms with Gasteiger partial charge in [-0.1, -0.05) is 41.0 Å². The topological polar surface area (TPSA) is 65.4 Å². The lowest BCUT2D eigenvalue weighted by molar-refractivity contribution is 0.969. The quantitative estimate of drug-likeness (QED) is 0.877. The van der Waals surface area contributed by atoms with Crippen LogP contribution in [-0.4, -0.2) is 15.2 Å². The molecule has 0 aliphatic rings. The normalized spacial score (nSPS) is 12.1. The van der Waals surface area contributed by atoms with Gasteiger partial charge in [0, 0.05) is 10.0 Å². The molecule has 0 bridgehead atoms. The highest BCUT2D eigenvalue weighted by molar-refractivity contribution is 7.99. The smallest absolute Gasteiger partial charge is 0.185 e. The van der Waals surface area contributed by atoms with E-state index in [9.17, 15) is 0 Å². The minimum Gasteiger partial charge on any atom is -0.254 e. The number of rotatable bonds is 3. The van der Waals surface area contributed by atoms with Crippen molar-refractivity contribution in [3.05, 3.63) is 40.1 Å². The average molecular weight is 285 g/mol. The second-order valence-corrected chi connectivity index (χ2v) is 5.02. The van der Waals surface area contributed by atoms with E-state index in [1.807, 2.05) is 0 Å². The lowest BCUT2D eigenvalue weighted by atomic mass is 10.1. The van der Waals surface area contributed by atoms with Gasteiger partial charge in [-0.05, 0) is 17.7 Å². The van der Waals surface area contributed by atoms with Crippen molar-refractivity contribution in [1.82, 2.24) is 15.2 Å². The predicted molar refractivity (Wildman–Crippen MR) is 67.1 cm³/mol. The molecule has 17 heavy (non-hydrogen) atoms. The molecule has 4 nitrogen and oxygen atoms in total. The highest BCUT2D eigenvalue weighted by Crippen LogP contribution is 2.36. The molecule has 7 heteroatoms. The van der Waals surface area contributed by atoms with Crippen LogP contribution in [0.2, 0.25) is 10.0 Å². The van der Waals surface area contributed by atoms with E-state index >= 15 is 0 Å². The zero-order valence-electron chi connectivity index (χ0n) is 8.39. The highest BCUT2D eigenvalue weighted by atomic mass is 35.5. The predicted octanol–water partition coefficient (Wildman–Crippen LogP) is 3.47. The third-order valence-corrected chi connectivity index (χ3v) is 3.56. The fraction of sp³-hybridized carbons (Fsp3) is 0.100. The van der Waals surface area contributed by atoms with Crippen LogP contribution in [0.15, 0.2) is 29.7 Å². The average Bonchev–Trinajstić information content (AvgIpc) is 2.79. The zero-order chi connectivity index (χ0) is 12.3. The molecule has 0 radical (unpaired) electrons. The SMILES string of the molecule is N#C[C@@H](Sc1ncn[nH]1)c1ccc(Cl)cc1Cl. The Hall–Kier alpha value is -1.22. The second-order valence-electron chi connectivity index (χ2n) is 3.08. The fourth-order valence-corrected chi connectivity index (χ4v) is 2.64. The molecule has 0 saturated heterocycles. The lowest BCUT2D eigenvalue weighted by Crippen LogP contribution is -1.93. The molecular formula is C10H6Cl2N4S. The summed E-state index contributed by atoms with van der Waals surface area (Å²) in [5.74, 6) is 0. The Balaban J connectivity index is 2.27. The van der Waals surface area contributed by atoms with Crippen LogP contribution in [0.3, 0.4) is 0 Å². The Morgan fingerprint density at radius 1 is 1.41 bits per heavy atom. The summed E-state index contributed by atoms with van der Waals surface area (Å²) in [4.78, 5) is 3.95. The fourth-order valence-electron chi connectivity index (χ4n) is 1.24. The molecule has 1 aromatic heterocycles. The van der Waals surface area contributed by atoms with E-state index in [1.165, 1.54) is 18.1 Å². The number of nitrogens with one attached hydrogen (secondary N) is 1. The molecule has 2 rings (SSSR count). The van der Waals surface area contributed by atoms with Crippen molar-refractivity contribution in [2.24, 2.45) is 0 Å². The van der Waals surface area contributed by atoms with E-state index < -0.39 is 5.25 Å². The number of benzene rings is 1. The lowest BCUT2D eigenvalue weighted by Gasteiger charge is -2.09. The number of aromatic nitrogens is 3. The maximum Gasteiger partial charge on any atom is 0.185 e. The third kappa shape index (κ3) is 2.91. The molecule has 0 amide bonds. The van der Waals surface area contributed by atoms with E-state index in [2.05, 4.69) is 21.3 Å². The van der Waals surface area contributed by atoms with Gasteiger partial charge in [-0.15, -0.1) is 0 Å². The zero-order valence-corrected chi connectivity index (χ0v) is 10.7. The first-order valence-corrected chi connectivity index (χ1v) is 6.21. The van der Waals surface area contributed by atoms with Gasteiger partial charge in [0.25, 0.3) is 0 Å². The van der Waals surface area contributed by atoms with Crippen molar-refractivity contribution < 1.29 is 0 Å². The van der Waals surface area contributed by atoms with Crippen molar-refractivity contribution in [3.8, 4) is 6.07 Å². The van der Waals surface area contributed by atoms with Crippen molar-refractivity contribution in [2.75, 3.05) is 0 Å². The first-order chi connectivity index (χ1) is 8.20. The summed E-state index contributed by atoms with van der Waals surface area (Å²) in [5, 5.41) is 16.7. The number of halogens is 2. The van der Waals surface area contributed by atoms with E-state index in [-0.39, 0.29) is 0 Å². The highest BCUT2D eigenvalue weighted by Gasteiger charge is 2.17. The minimum absolute atomic E-state index is 0.451. The first-order valence-electron chi connectivity index (χ1n) is 4.57. The first kappa shape index (κ1) is 12.2. The van der Waals surface area contributed by atoms with Gasteiger partial charge in [0.2, 0.25) is 0 Å². The summed E-state index contributed by atoms with van der Waals surface area (Å²) >= 11 is 13.1. The van der Waals surface area contributed by atoms with Crippen molar-refractivity contribution in [3.63, 3.8) is 0 Å². The number of aromatic amines is 1. The second kappa shape index (κ2) is 5.41. The molecule has 0 saturated carbocycles. The van der Waals surface area contributed by atoms with Crippen LogP contribution in [0.4, 0.5) is 0 Å². The van der Waals surface area contributed by atoms with Gasteiger partial charge in [-0.3, -0.25) is 5.10 Å². The molecular weight excluding hydrogens is 279 g/mol. The Morgan fingerprint density at radius 3 is 2.82 bits per heavy atom. The number of thioether (sulfide) groups is 1. The van der Waals surface area contributed by atoms with Gasteiger partial charge in [0.1, 0.15) is 11.6 Å². The molecule has 2 aromatic rings. The molecule has 0 aliphatic heterocycles. The molecule has 1 aromatic carbocycles.